The number of rotatable bonds is 8. The van der Waals surface area contributed by atoms with Gasteiger partial charge in [0.1, 0.15) is 0 Å². The first-order valence-electron chi connectivity index (χ1n) is 10.0. The van der Waals surface area contributed by atoms with Crippen LogP contribution in [0.5, 0.6) is 0 Å². The van der Waals surface area contributed by atoms with Crippen LogP contribution in [-0.4, -0.2) is 55.6 Å². The molecule has 152 valence electrons. The second-order valence-corrected chi connectivity index (χ2v) is 8.90. The Morgan fingerprint density at radius 3 is 2.64 bits per heavy atom. The van der Waals surface area contributed by atoms with Gasteiger partial charge in [-0.1, -0.05) is 24.3 Å². The summed E-state index contributed by atoms with van der Waals surface area (Å²) in [6.45, 7) is 11.2. The van der Waals surface area contributed by atoms with E-state index in [2.05, 4.69) is 54.5 Å². The maximum Gasteiger partial charge on any atom is 0.219 e. The van der Waals surface area contributed by atoms with E-state index in [0.717, 1.165) is 26.2 Å². The fraction of sp³-hybridized carbons (Fsp3) is 0.522. The first kappa shape index (κ1) is 21.0. The summed E-state index contributed by atoms with van der Waals surface area (Å²) in [5.41, 5.74) is 4.15. The van der Waals surface area contributed by atoms with E-state index in [9.17, 15) is 4.79 Å². The molecule has 5 heteroatoms. The van der Waals surface area contributed by atoms with Gasteiger partial charge in [-0.05, 0) is 47.9 Å². The van der Waals surface area contributed by atoms with Crippen LogP contribution in [0.1, 0.15) is 34.4 Å². The van der Waals surface area contributed by atoms with Crippen molar-refractivity contribution < 1.29 is 9.53 Å². The number of carbonyl (C=O) groups is 1. The fourth-order valence-electron chi connectivity index (χ4n) is 4.26. The van der Waals surface area contributed by atoms with Crippen LogP contribution >= 0.6 is 11.3 Å². The molecular weight excluding hydrogens is 368 g/mol. The van der Waals surface area contributed by atoms with Gasteiger partial charge in [0.15, 0.2) is 0 Å². The average molecular weight is 401 g/mol. The zero-order chi connectivity index (χ0) is 20.1. The Balaban J connectivity index is 1.80. The van der Waals surface area contributed by atoms with Crippen molar-refractivity contribution in [3.63, 3.8) is 0 Å². The molecule has 1 aliphatic rings. The van der Waals surface area contributed by atoms with E-state index >= 15 is 0 Å². The van der Waals surface area contributed by atoms with Crippen molar-refractivity contribution in [3.8, 4) is 0 Å². The monoisotopic (exact) mass is 400 g/mol. The van der Waals surface area contributed by atoms with Crippen LogP contribution < -0.4 is 0 Å². The van der Waals surface area contributed by atoms with E-state index in [1.165, 1.54) is 21.6 Å². The molecule has 0 spiro atoms. The maximum atomic E-state index is 12.2. The number of benzene rings is 1. The van der Waals surface area contributed by atoms with Crippen molar-refractivity contribution in [3.05, 3.63) is 57.3 Å². The zero-order valence-electron chi connectivity index (χ0n) is 17.5. The summed E-state index contributed by atoms with van der Waals surface area (Å²) in [6, 6.07) is 10.9. The lowest BCUT2D eigenvalue weighted by Crippen LogP contribution is -2.38. The normalized spacial score (nSPS) is 19.9. The molecule has 28 heavy (non-hydrogen) atoms. The minimum atomic E-state index is 0.133. The molecule has 3 rings (SSSR count). The number of hydrogen-bond donors (Lipinski definition) is 0. The average Bonchev–Trinajstić information content (AvgIpc) is 3.25. The fourth-order valence-corrected chi connectivity index (χ4v) is 5.21. The molecule has 1 aromatic carbocycles. The van der Waals surface area contributed by atoms with E-state index in [-0.39, 0.29) is 5.91 Å². The third-order valence-electron chi connectivity index (χ3n) is 5.91. The van der Waals surface area contributed by atoms with Crippen LogP contribution in [0.3, 0.4) is 0 Å². The lowest BCUT2D eigenvalue weighted by molar-refractivity contribution is -0.130. The lowest BCUT2D eigenvalue weighted by Gasteiger charge is -2.28. The van der Waals surface area contributed by atoms with Crippen molar-refractivity contribution in [1.82, 2.24) is 9.80 Å². The Morgan fingerprint density at radius 1 is 1.21 bits per heavy atom. The number of methoxy groups -OCH3 is 1. The number of hydrogen-bond acceptors (Lipinski definition) is 4. The summed E-state index contributed by atoms with van der Waals surface area (Å²) in [6.07, 6.45) is 0. The van der Waals surface area contributed by atoms with Crippen LogP contribution in [0, 0.1) is 19.8 Å². The highest BCUT2D eigenvalue weighted by Gasteiger charge is 2.36. The highest BCUT2D eigenvalue weighted by molar-refractivity contribution is 7.10. The van der Waals surface area contributed by atoms with Gasteiger partial charge in [0.05, 0.1) is 6.61 Å². The summed E-state index contributed by atoms with van der Waals surface area (Å²) in [5, 5.41) is 2.18. The van der Waals surface area contributed by atoms with Crippen molar-refractivity contribution in [1.29, 1.82) is 0 Å². The Bertz CT molecular complexity index is 788. The van der Waals surface area contributed by atoms with E-state index in [0.29, 0.717) is 25.0 Å². The molecule has 1 fully saturated rings. The lowest BCUT2D eigenvalue weighted by atomic mass is 9.86. The molecule has 0 N–H and O–H groups in total. The predicted octanol–water partition coefficient (Wildman–Crippen LogP) is 4.08. The van der Waals surface area contributed by atoms with Crippen molar-refractivity contribution in [2.24, 2.45) is 5.92 Å². The first-order chi connectivity index (χ1) is 13.5. The number of likely N-dealkylation sites (tertiary alicyclic amines) is 1. The molecule has 2 heterocycles. The van der Waals surface area contributed by atoms with Gasteiger partial charge in [0.2, 0.25) is 5.91 Å². The van der Waals surface area contributed by atoms with Crippen molar-refractivity contribution in [2.75, 3.05) is 39.9 Å². The first-order valence-corrected chi connectivity index (χ1v) is 10.9. The smallest absolute Gasteiger partial charge is 0.219 e. The minimum Gasteiger partial charge on any atom is -0.383 e. The summed E-state index contributed by atoms with van der Waals surface area (Å²) in [4.78, 5) is 18.2. The quantitative estimate of drug-likeness (QED) is 0.669. The van der Waals surface area contributed by atoms with Gasteiger partial charge < -0.3 is 9.64 Å². The third kappa shape index (κ3) is 5.02. The zero-order valence-corrected chi connectivity index (χ0v) is 18.3. The second-order valence-electron chi connectivity index (χ2n) is 7.90. The van der Waals surface area contributed by atoms with Crippen LogP contribution in [0.2, 0.25) is 0 Å². The number of ether oxygens (including phenoxy) is 1. The van der Waals surface area contributed by atoms with Gasteiger partial charge in [-0.3, -0.25) is 9.69 Å². The molecule has 2 unspecified atom stereocenters. The Kier molecular flexibility index (Phi) is 7.27. The molecule has 1 aromatic heterocycles. The molecule has 1 amide bonds. The van der Waals surface area contributed by atoms with Gasteiger partial charge in [-0.25, -0.2) is 0 Å². The molecule has 0 aliphatic carbocycles. The molecule has 0 saturated carbocycles. The summed E-state index contributed by atoms with van der Waals surface area (Å²) >= 11 is 1.84. The minimum absolute atomic E-state index is 0.133. The summed E-state index contributed by atoms with van der Waals surface area (Å²) in [7, 11) is 1.69. The van der Waals surface area contributed by atoms with Crippen LogP contribution in [0.25, 0.3) is 0 Å². The molecule has 1 saturated heterocycles. The van der Waals surface area contributed by atoms with E-state index < -0.39 is 0 Å². The molecule has 2 atom stereocenters. The van der Waals surface area contributed by atoms with Crippen molar-refractivity contribution >= 4 is 17.2 Å². The number of nitrogens with zero attached hydrogens (tertiary/aromatic N) is 2. The Labute approximate surface area is 173 Å². The largest absolute Gasteiger partial charge is 0.383 e. The molecule has 0 bridgehead atoms. The summed E-state index contributed by atoms with van der Waals surface area (Å²) < 4.78 is 5.22. The number of thiophene rings is 1. The molecular formula is C23H32N2O2S. The van der Waals surface area contributed by atoms with Gasteiger partial charge in [-0.2, -0.15) is 0 Å². The van der Waals surface area contributed by atoms with Crippen LogP contribution in [0.15, 0.2) is 35.7 Å². The second kappa shape index (κ2) is 9.68. The highest BCUT2D eigenvalue weighted by atomic mass is 32.1. The van der Waals surface area contributed by atoms with Crippen LogP contribution in [-0.2, 0) is 16.1 Å². The van der Waals surface area contributed by atoms with Gasteiger partial charge in [0, 0.05) is 57.6 Å². The molecule has 0 radical (unpaired) electrons. The Hall–Kier alpha value is -1.69. The number of amides is 1. The predicted molar refractivity (Wildman–Crippen MR) is 116 cm³/mol. The van der Waals surface area contributed by atoms with Gasteiger partial charge >= 0.3 is 0 Å². The molecule has 1 aliphatic heterocycles. The van der Waals surface area contributed by atoms with Crippen molar-refractivity contribution in [2.45, 2.75) is 33.2 Å². The van der Waals surface area contributed by atoms with E-state index in [4.69, 9.17) is 4.74 Å². The third-order valence-corrected chi connectivity index (χ3v) is 6.91. The number of carbonyl (C=O) groups excluding carboxylic acids is 1. The molecule has 4 nitrogen and oxygen atoms in total. The number of aryl methyl sites for hydroxylation is 2. The SMILES string of the molecule is COCCN(CC1CN(Cc2sccc2C)CC1c1ccccc1C)C(C)=O. The molecule has 2 aromatic rings. The summed E-state index contributed by atoms with van der Waals surface area (Å²) in [5.74, 6) is 1.01. The van der Waals surface area contributed by atoms with Gasteiger partial charge in [0.25, 0.3) is 0 Å². The topological polar surface area (TPSA) is 32.8 Å². The van der Waals surface area contributed by atoms with Crippen LogP contribution in [0.4, 0.5) is 0 Å². The standard InChI is InChI=1S/C23H32N2O2S/c1-17-7-5-6-8-21(17)22-15-24(16-23-18(2)9-12-28-23)13-20(22)14-25(19(3)26)10-11-27-4/h5-9,12,20,22H,10-11,13-16H2,1-4H3. The van der Waals surface area contributed by atoms with E-state index in [1.54, 1.807) is 14.0 Å². The van der Waals surface area contributed by atoms with Gasteiger partial charge in [-0.15, -0.1) is 11.3 Å². The highest BCUT2D eigenvalue weighted by Crippen LogP contribution is 2.36. The maximum absolute atomic E-state index is 12.2. The Morgan fingerprint density at radius 2 is 2.00 bits per heavy atom. The van der Waals surface area contributed by atoms with E-state index in [1.807, 2.05) is 16.2 Å².